The number of hydrogen-bond acceptors (Lipinski definition) is 5. The summed E-state index contributed by atoms with van der Waals surface area (Å²) in [6.45, 7) is 9.73. The van der Waals surface area contributed by atoms with E-state index in [2.05, 4.69) is 18.8 Å². The molecule has 8 heteroatoms. The van der Waals surface area contributed by atoms with E-state index in [0.29, 0.717) is 24.6 Å². The molecule has 2 aromatic rings. The van der Waals surface area contributed by atoms with E-state index >= 15 is 0 Å². The van der Waals surface area contributed by atoms with Crippen LogP contribution in [0, 0.1) is 12.3 Å². The molecule has 2 rings (SSSR count). The number of amides is 1. The third-order valence-corrected chi connectivity index (χ3v) is 5.16. The van der Waals surface area contributed by atoms with E-state index in [1.807, 2.05) is 45.2 Å². The fourth-order valence-corrected chi connectivity index (χ4v) is 3.60. The number of ether oxygens (including phenoxy) is 1. The maximum absolute atomic E-state index is 12.8. The fraction of sp³-hybridized carbons (Fsp3) is 0.474. The second-order valence-electron chi connectivity index (χ2n) is 6.92. The number of halogens is 2. The molecule has 0 fully saturated rings. The van der Waals surface area contributed by atoms with Crippen molar-refractivity contribution in [3.05, 3.63) is 34.8 Å². The van der Waals surface area contributed by atoms with Crippen LogP contribution in [0.3, 0.4) is 0 Å². The van der Waals surface area contributed by atoms with Gasteiger partial charge in [-0.2, -0.15) is 0 Å². The van der Waals surface area contributed by atoms with Gasteiger partial charge in [0.1, 0.15) is 15.6 Å². The van der Waals surface area contributed by atoms with E-state index in [-0.39, 0.29) is 36.1 Å². The molecule has 1 aromatic carbocycles. The molecule has 0 saturated carbocycles. The van der Waals surface area contributed by atoms with Crippen LogP contribution < -0.4 is 10.5 Å². The number of benzene rings is 1. The first-order chi connectivity index (χ1) is 11.8. The molecule has 2 N–H and O–H groups in total. The highest BCUT2D eigenvalue weighted by Crippen LogP contribution is 2.30. The van der Waals surface area contributed by atoms with Gasteiger partial charge >= 0.3 is 0 Å². The Labute approximate surface area is 178 Å². The maximum atomic E-state index is 12.8. The Kier molecular flexibility index (Phi) is 10.3. The summed E-state index contributed by atoms with van der Waals surface area (Å²) in [6, 6.07) is 7.79. The van der Waals surface area contributed by atoms with Crippen LogP contribution in [-0.4, -0.2) is 42.5 Å². The van der Waals surface area contributed by atoms with Crippen molar-refractivity contribution >= 4 is 42.1 Å². The molecule has 0 aliphatic carbocycles. The SMILES string of the molecule is CCOc1ccc(-c2nc(C)c(C(=O)N(C)CC(C)(C)CN)s2)cc1.Cl.Cl. The van der Waals surface area contributed by atoms with Gasteiger partial charge in [0, 0.05) is 19.2 Å². The van der Waals surface area contributed by atoms with E-state index in [9.17, 15) is 4.79 Å². The van der Waals surface area contributed by atoms with Crippen molar-refractivity contribution in [2.75, 3.05) is 26.7 Å². The molecule has 152 valence electrons. The van der Waals surface area contributed by atoms with E-state index in [0.717, 1.165) is 22.0 Å². The first-order valence-corrected chi connectivity index (χ1v) is 9.25. The average molecular weight is 434 g/mol. The fourth-order valence-electron chi connectivity index (χ4n) is 2.53. The lowest BCUT2D eigenvalue weighted by molar-refractivity contribution is 0.0744. The lowest BCUT2D eigenvalue weighted by atomic mass is 9.93. The van der Waals surface area contributed by atoms with Crippen LogP contribution in [0.2, 0.25) is 0 Å². The molecular formula is C19H29Cl2N3O2S. The number of thiazole rings is 1. The molecular weight excluding hydrogens is 405 g/mol. The molecule has 0 radical (unpaired) electrons. The molecule has 1 heterocycles. The first kappa shape index (κ1) is 25.7. The van der Waals surface area contributed by atoms with Crippen molar-refractivity contribution in [1.29, 1.82) is 0 Å². The van der Waals surface area contributed by atoms with Crippen LogP contribution in [0.4, 0.5) is 0 Å². The summed E-state index contributed by atoms with van der Waals surface area (Å²) in [5.74, 6) is 0.827. The van der Waals surface area contributed by atoms with Gasteiger partial charge in [0.25, 0.3) is 5.91 Å². The number of carbonyl (C=O) groups is 1. The minimum Gasteiger partial charge on any atom is -0.494 e. The number of aromatic nitrogens is 1. The van der Waals surface area contributed by atoms with E-state index < -0.39 is 0 Å². The molecule has 0 aliphatic heterocycles. The Hall–Kier alpha value is -1.34. The van der Waals surface area contributed by atoms with Gasteiger partial charge in [-0.05, 0) is 50.1 Å². The summed E-state index contributed by atoms with van der Waals surface area (Å²) < 4.78 is 5.46. The lowest BCUT2D eigenvalue weighted by Gasteiger charge is -2.28. The second-order valence-corrected chi connectivity index (χ2v) is 7.92. The summed E-state index contributed by atoms with van der Waals surface area (Å²) in [7, 11) is 1.81. The normalized spacial score (nSPS) is 10.6. The number of nitrogens with two attached hydrogens (primary N) is 1. The quantitative estimate of drug-likeness (QED) is 0.701. The minimum atomic E-state index is -0.110. The zero-order valence-corrected chi connectivity index (χ0v) is 18.9. The van der Waals surface area contributed by atoms with Crippen molar-refractivity contribution in [3.8, 4) is 16.3 Å². The number of carbonyl (C=O) groups excluding carboxylic acids is 1. The summed E-state index contributed by atoms with van der Waals surface area (Å²) in [6.07, 6.45) is 0. The van der Waals surface area contributed by atoms with Gasteiger partial charge in [-0.15, -0.1) is 36.2 Å². The highest BCUT2D eigenvalue weighted by atomic mass is 35.5. The molecule has 0 spiro atoms. The number of nitrogens with zero attached hydrogens (tertiary/aromatic N) is 2. The standard InChI is InChI=1S/C19H27N3O2S.2ClH/c1-6-24-15-9-7-14(8-10-15)17-21-13(2)16(25-17)18(23)22(5)12-19(3,4)11-20;;/h7-10H,6,11-12,20H2,1-5H3;2*1H. The molecule has 0 unspecified atom stereocenters. The largest absolute Gasteiger partial charge is 0.494 e. The van der Waals surface area contributed by atoms with E-state index in [1.54, 1.807) is 4.90 Å². The summed E-state index contributed by atoms with van der Waals surface area (Å²) >= 11 is 1.43. The molecule has 0 saturated heterocycles. The summed E-state index contributed by atoms with van der Waals surface area (Å²) in [5, 5.41) is 0.843. The predicted molar refractivity (Wildman–Crippen MR) is 118 cm³/mol. The lowest BCUT2D eigenvalue weighted by Crippen LogP contribution is -2.39. The first-order valence-electron chi connectivity index (χ1n) is 8.43. The monoisotopic (exact) mass is 433 g/mol. The summed E-state index contributed by atoms with van der Waals surface area (Å²) in [4.78, 5) is 19.8. The topological polar surface area (TPSA) is 68.5 Å². The van der Waals surface area contributed by atoms with Crippen molar-refractivity contribution < 1.29 is 9.53 Å². The molecule has 0 atom stereocenters. The second kappa shape index (κ2) is 10.9. The van der Waals surface area contributed by atoms with Crippen molar-refractivity contribution in [2.24, 2.45) is 11.1 Å². The van der Waals surface area contributed by atoms with Gasteiger partial charge in [-0.3, -0.25) is 4.79 Å². The highest BCUT2D eigenvalue weighted by molar-refractivity contribution is 7.17. The zero-order chi connectivity index (χ0) is 18.6. The van der Waals surface area contributed by atoms with Gasteiger partial charge in [0.15, 0.2) is 0 Å². The number of hydrogen-bond donors (Lipinski definition) is 1. The van der Waals surface area contributed by atoms with Gasteiger partial charge in [0.05, 0.1) is 12.3 Å². The number of rotatable bonds is 7. The predicted octanol–water partition coefficient (Wildman–Crippen LogP) is 4.42. The Morgan fingerprint density at radius 2 is 1.85 bits per heavy atom. The molecule has 5 nitrogen and oxygen atoms in total. The van der Waals surface area contributed by atoms with Crippen molar-refractivity contribution in [1.82, 2.24) is 9.88 Å². The average Bonchev–Trinajstić information content (AvgIpc) is 2.96. The zero-order valence-electron chi connectivity index (χ0n) is 16.4. The Morgan fingerprint density at radius 3 is 2.37 bits per heavy atom. The smallest absolute Gasteiger partial charge is 0.265 e. The van der Waals surface area contributed by atoms with Gasteiger partial charge in [0.2, 0.25) is 0 Å². The Morgan fingerprint density at radius 1 is 1.26 bits per heavy atom. The maximum Gasteiger partial charge on any atom is 0.265 e. The Bertz CT molecular complexity index is 733. The molecule has 0 aliphatic rings. The van der Waals surface area contributed by atoms with Crippen molar-refractivity contribution in [2.45, 2.75) is 27.7 Å². The van der Waals surface area contributed by atoms with Crippen LogP contribution >= 0.6 is 36.2 Å². The van der Waals surface area contributed by atoms with Crippen LogP contribution in [0.5, 0.6) is 5.75 Å². The summed E-state index contributed by atoms with van der Waals surface area (Å²) in [5.41, 5.74) is 7.42. The van der Waals surface area contributed by atoms with Crippen LogP contribution in [0.15, 0.2) is 24.3 Å². The van der Waals surface area contributed by atoms with Gasteiger partial charge < -0.3 is 15.4 Å². The van der Waals surface area contributed by atoms with Gasteiger partial charge in [-0.1, -0.05) is 13.8 Å². The van der Waals surface area contributed by atoms with Crippen molar-refractivity contribution in [3.63, 3.8) is 0 Å². The van der Waals surface area contributed by atoms with Crippen LogP contribution in [0.1, 0.15) is 36.1 Å². The van der Waals surface area contributed by atoms with E-state index in [1.165, 1.54) is 11.3 Å². The number of aryl methyl sites for hydroxylation is 1. The highest BCUT2D eigenvalue weighted by Gasteiger charge is 2.25. The molecule has 1 amide bonds. The Balaban J connectivity index is 0.00000338. The minimum absolute atomic E-state index is 0. The van der Waals surface area contributed by atoms with Crippen LogP contribution in [-0.2, 0) is 0 Å². The molecule has 1 aromatic heterocycles. The van der Waals surface area contributed by atoms with Gasteiger partial charge in [-0.25, -0.2) is 4.98 Å². The molecule has 0 bridgehead atoms. The third kappa shape index (κ3) is 6.64. The third-order valence-electron chi connectivity index (χ3n) is 3.97. The van der Waals surface area contributed by atoms with Crippen LogP contribution in [0.25, 0.3) is 10.6 Å². The molecule has 27 heavy (non-hydrogen) atoms. The van der Waals surface area contributed by atoms with E-state index in [4.69, 9.17) is 10.5 Å².